The van der Waals surface area contributed by atoms with Crippen molar-refractivity contribution in [1.29, 1.82) is 5.26 Å². The standard InChI is InChI=1S/C27H20Cl2F3N5O3/c1-13-8-22(14-2-4-15(5-3-14)27(30,31)32)34-21-7-6-17(11-18(13)21)40-24-19(28)9-16(10-20(24)29)37-26(39)35-25(38)23(12-33)36-37/h6-11,14-15H,2-5H2,1H3,(H,35,38,39). The van der Waals surface area contributed by atoms with E-state index in [0.29, 0.717) is 24.1 Å². The molecule has 5 rings (SSSR count). The van der Waals surface area contributed by atoms with Crippen LogP contribution in [0, 0.1) is 24.2 Å². The summed E-state index contributed by atoms with van der Waals surface area (Å²) in [6.45, 7) is 1.90. The fourth-order valence-corrected chi connectivity index (χ4v) is 5.47. The van der Waals surface area contributed by atoms with Crippen molar-refractivity contribution in [3.05, 3.63) is 84.2 Å². The fourth-order valence-electron chi connectivity index (χ4n) is 4.92. The Kier molecular flexibility index (Phi) is 7.33. The highest BCUT2D eigenvalue weighted by atomic mass is 35.5. The molecular formula is C27H20Cl2F3N5O3. The van der Waals surface area contributed by atoms with Crippen LogP contribution >= 0.6 is 23.2 Å². The van der Waals surface area contributed by atoms with Crippen molar-refractivity contribution in [2.45, 2.75) is 44.7 Å². The number of H-pyrrole nitrogens is 1. The first-order chi connectivity index (χ1) is 18.9. The van der Waals surface area contributed by atoms with Crippen LogP contribution in [0.4, 0.5) is 13.2 Å². The number of fused-ring (bicyclic) bond motifs is 1. The second kappa shape index (κ2) is 10.6. The Hall–Kier alpha value is -3.88. The highest BCUT2D eigenvalue weighted by Gasteiger charge is 2.41. The quantitative estimate of drug-likeness (QED) is 0.287. The molecule has 8 nitrogen and oxygen atoms in total. The number of halogens is 5. The highest BCUT2D eigenvalue weighted by molar-refractivity contribution is 6.37. The number of nitriles is 1. The number of hydrogen-bond donors (Lipinski definition) is 1. The predicted molar refractivity (Wildman–Crippen MR) is 142 cm³/mol. The van der Waals surface area contributed by atoms with Gasteiger partial charge in [0.2, 0.25) is 5.69 Å². The number of rotatable bonds is 4. The van der Waals surface area contributed by atoms with E-state index in [2.05, 4.69) is 5.10 Å². The van der Waals surface area contributed by atoms with E-state index in [4.69, 9.17) is 38.2 Å². The third-order valence-electron chi connectivity index (χ3n) is 7.00. The number of ether oxygens (including phenoxy) is 1. The third kappa shape index (κ3) is 5.42. The van der Waals surface area contributed by atoms with Gasteiger partial charge in [-0.05, 0) is 74.6 Å². The average molecular weight is 590 g/mol. The zero-order chi connectivity index (χ0) is 28.8. The molecule has 1 fully saturated rings. The molecule has 0 amide bonds. The van der Waals surface area contributed by atoms with Gasteiger partial charge in [-0.1, -0.05) is 23.2 Å². The van der Waals surface area contributed by atoms with Crippen molar-refractivity contribution in [2.75, 3.05) is 0 Å². The Bertz CT molecular complexity index is 1760. The van der Waals surface area contributed by atoms with Crippen LogP contribution in [0.3, 0.4) is 0 Å². The van der Waals surface area contributed by atoms with E-state index >= 15 is 0 Å². The lowest BCUT2D eigenvalue weighted by Crippen LogP contribution is -2.33. The van der Waals surface area contributed by atoms with Crippen LogP contribution in [0.15, 0.2) is 46.0 Å². The van der Waals surface area contributed by atoms with Gasteiger partial charge in [-0.25, -0.2) is 4.79 Å². The summed E-state index contributed by atoms with van der Waals surface area (Å²) >= 11 is 12.8. The van der Waals surface area contributed by atoms with Gasteiger partial charge >= 0.3 is 11.9 Å². The molecule has 1 saturated carbocycles. The molecule has 0 aliphatic heterocycles. The summed E-state index contributed by atoms with van der Waals surface area (Å²) in [6.07, 6.45) is -3.07. The molecule has 40 heavy (non-hydrogen) atoms. The maximum atomic E-state index is 13.1. The van der Waals surface area contributed by atoms with Crippen LogP contribution in [0.25, 0.3) is 16.6 Å². The molecule has 2 heterocycles. The second-order valence-electron chi connectivity index (χ2n) is 9.61. The maximum absolute atomic E-state index is 13.1. The fraction of sp³-hybridized carbons (Fsp3) is 0.296. The van der Waals surface area contributed by atoms with Gasteiger partial charge in [0.25, 0.3) is 5.56 Å². The topological polar surface area (TPSA) is 114 Å². The van der Waals surface area contributed by atoms with Crippen LogP contribution < -0.4 is 16.0 Å². The van der Waals surface area contributed by atoms with E-state index in [0.717, 1.165) is 21.3 Å². The molecular weight excluding hydrogens is 570 g/mol. The number of nitrogens with one attached hydrogen (secondary N) is 1. The van der Waals surface area contributed by atoms with E-state index in [1.165, 1.54) is 12.1 Å². The first-order valence-corrected chi connectivity index (χ1v) is 13.0. The van der Waals surface area contributed by atoms with E-state index in [9.17, 15) is 22.8 Å². The van der Waals surface area contributed by atoms with Crippen molar-refractivity contribution in [2.24, 2.45) is 5.92 Å². The number of alkyl halides is 3. The lowest BCUT2D eigenvalue weighted by Gasteiger charge is -2.29. The van der Waals surface area contributed by atoms with Crippen LogP contribution in [-0.4, -0.2) is 25.9 Å². The SMILES string of the molecule is Cc1cc(C2CCC(C(F)(F)F)CC2)nc2ccc(Oc3c(Cl)cc(-n4nc(C#N)c(=O)[nH]c4=O)cc3Cl)cc12. The summed E-state index contributed by atoms with van der Waals surface area (Å²) < 4.78 is 45.9. The lowest BCUT2D eigenvalue weighted by atomic mass is 9.79. The summed E-state index contributed by atoms with van der Waals surface area (Å²) in [7, 11) is 0. The number of benzene rings is 2. The molecule has 0 bridgehead atoms. The summed E-state index contributed by atoms with van der Waals surface area (Å²) in [5.74, 6) is -0.768. The first kappa shape index (κ1) is 27.7. The molecule has 0 atom stereocenters. The molecule has 206 valence electrons. The number of aromatic amines is 1. The Morgan fingerprint density at radius 2 is 1.75 bits per heavy atom. The molecule has 1 aliphatic carbocycles. The Balaban J connectivity index is 1.40. The van der Waals surface area contributed by atoms with Crippen LogP contribution in [0.2, 0.25) is 10.0 Å². The van der Waals surface area contributed by atoms with Gasteiger partial charge in [0.1, 0.15) is 11.8 Å². The number of hydrogen-bond acceptors (Lipinski definition) is 6. The minimum absolute atomic E-state index is 0.0255. The summed E-state index contributed by atoms with van der Waals surface area (Å²) in [5.41, 5.74) is 0.168. The van der Waals surface area contributed by atoms with Gasteiger partial charge in [-0.2, -0.15) is 23.1 Å². The Labute approximate surface area is 234 Å². The molecule has 4 aromatic rings. The first-order valence-electron chi connectivity index (χ1n) is 12.2. The maximum Gasteiger partial charge on any atom is 0.391 e. The normalized spacial score (nSPS) is 17.5. The molecule has 2 aromatic carbocycles. The molecule has 0 saturated heterocycles. The van der Waals surface area contributed by atoms with Gasteiger partial charge in [0.05, 0.1) is 27.2 Å². The molecule has 0 unspecified atom stereocenters. The summed E-state index contributed by atoms with van der Waals surface area (Å²) in [4.78, 5) is 30.6. The Morgan fingerprint density at radius 3 is 2.38 bits per heavy atom. The van der Waals surface area contributed by atoms with Crippen LogP contribution in [0.1, 0.15) is 48.6 Å². The molecule has 0 radical (unpaired) electrons. The molecule has 1 aliphatic rings. The van der Waals surface area contributed by atoms with E-state index < -0.39 is 29.0 Å². The monoisotopic (exact) mass is 589 g/mol. The summed E-state index contributed by atoms with van der Waals surface area (Å²) in [5, 5.41) is 13.7. The predicted octanol–water partition coefficient (Wildman–Crippen LogP) is 6.58. The lowest BCUT2D eigenvalue weighted by molar-refractivity contribution is -0.182. The zero-order valence-electron chi connectivity index (χ0n) is 20.9. The van der Waals surface area contributed by atoms with Crippen LogP contribution in [-0.2, 0) is 0 Å². The second-order valence-corrected chi connectivity index (χ2v) is 10.4. The van der Waals surface area contributed by atoms with E-state index in [-0.39, 0.29) is 40.2 Å². The average Bonchev–Trinajstić information content (AvgIpc) is 2.90. The van der Waals surface area contributed by atoms with Gasteiger partial charge in [-0.3, -0.25) is 14.8 Å². The van der Waals surface area contributed by atoms with Crippen LogP contribution in [0.5, 0.6) is 11.5 Å². The van der Waals surface area contributed by atoms with Gasteiger partial charge in [0, 0.05) is 17.0 Å². The highest BCUT2D eigenvalue weighted by Crippen LogP contribution is 2.43. The van der Waals surface area contributed by atoms with Crippen molar-refractivity contribution in [3.8, 4) is 23.3 Å². The number of aromatic nitrogens is 4. The number of nitrogens with zero attached hydrogens (tertiary/aromatic N) is 4. The van der Waals surface area contributed by atoms with E-state index in [1.807, 2.05) is 18.0 Å². The smallest absolute Gasteiger partial charge is 0.391 e. The van der Waals surface area contributed by atoms with Crippen molar-refractivity contribution >= 4 is 34.1 Å². The van der Waals surface area contributed by atoms with Crippen molar-refractivity contribution in [3.63, 3.8) is 0 Å². The zero-order valence-corrected chi connectivity index (χ0v) is 22.4. The summed E-state index contributed by atoms with van der Waals surface area (Å²) in [6, 6.07) is 11.4. The van der Waals surface area contributed by atoms with Crippen molar-refractivity contribution < 1.29 is 17.9 Å². The Morgan fingerprint density at radius 1 is 1.07 bits per heavy atom. The molecule has 0 spiro atoms. The van der Waals surface area contributed by atoms with Gasteiger partial charge in [-0.15, -0.1) is 5.10 Å². The third-order valence-corrected chi connectivity index (χ3v) is 7.56. The number of aryl methyl sites for hydroxylation is 1. The van der Waals surface area contributed by atoms with Crippen molar-refractivity contribution in [1.82, 2.24) is 19.7 Å². The van der Waals surface area contributed by atoms with Gasteiger partial charge in [0.15, 0.2) is 5.75 Å². The molecule has 2 aromatic heterocycles. The minimum atomic E-state index is -4.16. The largest absolute Gasteiger partial charge is 0.454 e. The van der Waals surface area contributed by atoms with E-state index in [1.54, 1.807) is 24.3 Å². The number of pyridine rings is 1. The minimum Gasteiger partial charge on any atom is -0.454 e. The molecule has 1 N–H and O–H groups in total. The van der Waals surface area contributed by atoms with Gasteiger partial charge < -0.3 is 4.74 Å². The molecule has 13 heteroatoms.